The number of rotatable bonds is 4. The number of H-pyrrole nitrogens is 1. The van der Waals surface area contributed by atoms with Gasteiger partial charge in [0.25, 0.3) is 5.91 Å². The Morgan fingerprint density at radius 1 is 1.36 bits per heavy atom. The highest BCUT2D eigenvalue weighted by atomic mass is 32.2. The summed E-state index contributed by atoms with van der Waals surface area (Å²) in [5.41, 5.74) is 3.15. The minimum atomic E-state index is -0.505. The second kappa shape index (κ2) is 7.35. The Balaban J connectivity index is 1.53. The van der Waals surface area contributed by atoms with Crippen LogP contribution in [-0.2, 0) is 4.79 Å². The van der Waals surface area contributed by atoms with Gasteiger partial charge in [0.15, 0.2) is 0 Å². The van der Waals surface area contributed by atoms with Gasteiger partial charge < -0.3 is 19.7 Å². The average Bonchev–Trinajstić information content (AvgIpc) is 3.39. The maximum Gasteiger partial charge on any atom is 0.257 e. The van der Waals surface area contributed by atoms with Crippen LogP contribution in [0.25, 0.3) is 10.9 Å². The molecule has 3 heterocycles. The van der Waals surface area contributed by atoms with Crippen LogP contribution in [0, 0.1) is 13.8 Å². The first-order valence-corrected chi connectivity index (χ1v) is 10.3. The van der Waals surface area contributed by atoms with Gasteiger partial charge in [-0.3, -0.25) is 9.59 Å². The van der Waals surface area contributed by atoms with Crippen molar-refractivity contribution in [1.82, 2.24) is 20.4 Å². The van der Waals surface area contributed by atoms with Gasteiger partial charge in [-0.15, -0.1) is 11.8 Å². The van der Waals surface area contributed by atoms with Crippen molar-refractivity contribution in [3.05, 3.63) is 53.0 Å². The van der Waals surface area contributed by atoms with Gasteiger partial charge >= 0.3 is 0 Å². The standard InChI is InChI=1S/C20H22N4O3S/c1-11(18-12(2)23-27-13(18)3)22-19(25)17-9-28-10-24(17)20(26)15-8-21-16-7-5-4-6-14(15)16/h4-8,11,17,21H,9-10H2,1-3H3,(H,22,25)/t11-,17+/m1/s1. The third kappa shape index (κ3) is 3.17. The van der Waals surface area contributed by atoms with E-state index in [-0.39, 0.29) is 17.9 Å². The van der Waals surface area contributed by atoms with E-state index in [1.165, 1.54) is 0 Å². The Kier molecular flexibility index (Phi) is 4.89. The molecular weight excluding hydrogens is 376 g/mol. The van der Waals surface area contributed by atoms with Crippen molar-refractivity contribution in [2.24, 2.45) is 0 Å². The van der Waals surface area contributed by atoms with E-state index in [0.717, 1.165) is 22.2 Å². The fourth-order valence-corrected chi connectivity index (χ4v) is 4.91. The predicted molar refractivity (Wildman–Crippen MR) is 108 cm³/mol. The normalized spacial score (nSPS) is 17.8. The van der Waals surface area contributed by atoms with E-state index in [1.807, 2.05) is 45.0 Å². The molecule has 8 heteroatoms. The molecule has 7 nitrogen and oxygen atoms in total. The Morgan fingerprint density at radius 2 is 2.14 bits per heavy atom. The third-order valence-electron chi connectivity index (χ3n) is 5.15. The van der Waals surface area contributed by atoms with Gasteiger partial charge in [-0.2, -0.15) is 0 Å². The zero-order valence-corrected chi connectivity index (χ0v) is 16.8. The highest BCUT2D eigenvalue weighted by Gasteiger charge is 2.36. The van der Waals surface area contributed by atoms with Crippen LogP contribution in [0.2, 0.25) is 0 Å². The lowest BCUT2D eigenvalue weighted by Crippen LogP contribution is -2.47. The summed E-state index contributed by atoms with van der Waals surface area (Å²) in [7, 11) is 0. The Bertz CT molecular complexity index is 1020. The molecule has 0 unspecified atom stereocenters. The van der Waals surface area contributed by atoms with Gasteiger partial charge in [-0.25, -0.2) is 0 Å². The number of nitrogens with zero attached hydrogens (tertiary/aromatic N) is 2. The summed E-state index contributed by atoms with van der Waals surface area (Å²) in [6.07, 6.45) is 1.72. The van der Waals surface area contributed by atoms with Crippen LogP contribution in [0.4, 0.5) is 0 Å². The van der Waals surface area contributed by atoms with Crippen LogP contribution < -0.4 is 5.32 Å². The highest BCUT2D eigenvalue weighted by Crippen LogP contribution is 2.28. The first-order chi connectivity index (χ1) is 13.5. The third-order valence-corrected chi connectivity index (χ3v) is 6.16. The van der Waals surface area contributed by atoms with Crippen molar-refractivity contribution in [2.45, 2.75) is 32.9 Å². The molecule has 0 bridgehead atoms. The van der Waals surface area contributed by atoms with E-state index in [4.69, 9.17) is 4.52 Å². The summed E-state index contributed by atoms with van der Waals surface area (Å²) in [6, 6.07) is 6.92. The first kappa shape index (κ1) is 18.6. The zero-order valence-electron chi connectivity index (χ0n) is 16.0. The molecule has 4 rings (SSSR count). The van der Waals surface area contributed by atoms with Crippen LogP contribution in [0.1, 0.15) is 40.3 Å². The second-order valence-electron chi connectivity index (χ2n) is 7.01. The van der Waals surface area contributed by atoms with E-state index in [2.05, 4.69) is 15.5 Å². The molecule has 3 aromatic rings. The van der Waals surface area contributed by atoms with Crippen LogP contribution >= 0.6 is 11.8 Å². The molecule has 2 amide bonds. The molecule has 0 aliphatic carbocycles. The smallest absolute Gasteiger partial charge is 0.257 e. The van der Waals surface area contributed by atoms with Crippen molar-refractivity contribution < 1.29 is 14.1 Å². The molecule has 1 aromatic carbocycles. The number of carbonyl (C=O) groups excluding carboxylic acids is 2. The molecule has 0 saturated carbocycles. The number of aromatic nitrogens is 2. The highest BCUT2D eigenvalue weighted by molar-refractivity contribution is 7.99. The largest absolute Gasteiger partial charge is 0.361 e. The van der Waals surface area contributed by atoms with E-state index < -0.39 is 6.04 Å². The lowest BCUT2D eigenvalue weighted by atomic mass is 10.1. The quantitative estimate of drug-likeness (QED) is 0.704. The lowest BCUT2D eigenvalue weighted by Gasteiger charge is -2.24. The number of carbonyl (C=O) groups is 2. The fraction of sp³-hybridized carbons (Fsp3) is 0.350. The summed E-state index contributed by atoms with van der Waals surface area (Å²) in [4.78, 5) is 30.9. The molecule has 2 atom stereocenters. The molecule has 28 heavy (non-hydrogen) atoms. The van der Waals surface area contributed by atoms with E-state index in [0.29, 0.717) is 23.0 Å². The monoisotopic (exact) mass is 398 g/mol. The van der Waals surface area contributed by atoms with Crippen LogP contribution in [0.15, 0.2) is 35.0 Å². The van der Waals surface area contributed by atoms with E-state index in [1.54, 1.807) is 22.9 Å². The number of nitrogens with one attached hydrogen (secondary N) is 2. The second-order valence-corrected chi connectivity index (χ2v) is 8.01. The van der Waals surface area contributed by atoms with Crippen LogP contribution in [0.3, 0.4) is 0 Å². The summed E-state index contributed by atoms with van der Waals surface area (Å²) < 4.78 is 5.20. The number of para-hydroxylation sites is 1. The van der Waals surface area contributed by atoms with Gasteiger partial charge in [-0.05, 0) is 26.8 Å². The van der Waals surface area contributed by atoms with Crippen LogP contribution in [-0.4, -0.2) is 44.5 Å². The van der Waals surface area contributed by atoms with Crippen molar-refractivity contribution in [3.8, 4) is 0 Å². The van der Waals surface area contributed by atoms with Crippen molar-refractivity contribution in [1.29, 1.82) is 0 Å². The topological polar surface area (TPSA) is 91.2 Å². The number of aromatic amines is 1. The molecule has 1 saturated heterocycles. The summed E-state index contributed by atoms with van der Waals surface area (Å²) in [6.45, 7) is 5.58. The van der Waals surface area contributed by atoms with Gasteiger partial charge in [0, 0.05) is 28.4 Å². The summed E-state index contributed by atoms with van der Waals surface area (Å²) in [5, 5.41) is 7.84. The molecule has 1 aliphatic rings. The zero-order chi connectivity index (χ0) is 19.8. The molecule has 2 aromatic heterocycles. The van der Waals surface area contributed by atoms with Gasteiger partial charge in [0.05, 0.1) is 23.2 Å². The molecule has 1 aliphatic heterocycles. The van der Waals surface area contributed by atoms with E-state index in [9.17, 15) is 9.59 Å². The molecule has 1 fully saturated rings. The summed E-state index contributed by atoms with van der Waals surface area (Å²) >= 11 is 1.58. The minimum Gasteiger partial charge on any atom is -0.361 e. The fourth-order valence-electron chi connectivity index (χ4n) is 3.75. The predicted octanol–water partition coefficient (Wildman–Crippen LogP) is 3.17. The first-order valence-electron chi connectivity index (χ1n) is 9.15. The SMILES string of the molecule is Cc1noc(C)c1[C@@H](C)NC(=O)[C@@H]1CSCN1C(=O)c1c[nH]c2ccccc12. The van der Waals surface area contributed by atoms with Crippen molar-refractivity contribution in [3.63, 3.8) is 0 Å². The Hall–Kier alpha value is -2.74. The van der Waals surface area contributed by atoms with Gasteiger partial charge in [-0.1, -0.05) is 23.4 Å². The van der Waals surface area contributed by atoms with Gasteiger partial charge in [0.2, 0.25) is 5.91 Å². The maximum absolute atomic E-state index is 13.1. The number of hydrogen-bond donors (Lipinski definition) is 2. The Labute approximate surface area is 166 Å². The average molecular weight is 398 g/mol. The van der Waals surface area contributed by atoms with E-state index >= 15 is 0 Å². The summed E-state index contributed by atoms with van der Waals surface area (Å²) in [5.74, 6) is 1.47. The van der Waals surface area contributed by atoms with Gasteiger partial charge in [0.1, 0.15) is 11.8 Å². The molecular formula is C20H22N4O3S. The molecule has 146 valence electrons. The number of thioether (sulfide) groups is 1. The Morgan fingerprint density at radius 3 is 2.89 bits per heavy atom. The number of amides is 2. The minimum absolute atomic E-state index is 0.132. The number of fused-ring (bicyclic) bond motifs is 1. The van der Waals surface area contributed by atoms with Crippen molar-refractivity contribution >= 4 is 34.5 Å². The molecule has 0 radical (unpaired) electrons. The number of benzene rings is 1. The number of aryl methyl sites for hydroxylation is 2. The van der Waals surface area contributed by atoms with Crippen molar-refractivity contribution in [2.75, 3.05) is 11.6 Å². The molecule has 2 N–H and O–H groups in total. The molecule has 0 spiro atoms. The van der Waals surface area contributed by atoms with Crippen LogP contribution in [0.5, 0.6) is 0 Å². The lowest BCUT2D eigenvalue weighted by molar-refractivity contribution is -0.125. The maximum atomic E-state index is 13.1. The number of hydrogen-bond acceptors (Lipinski definition) is 5.